The molecule has 3 aliphatic rings. The minimum atomic E-state index is 0.291. The van der Waals surface area contributed by atoms with E-state index < -0.39 is 0 Å². The van der Waals surface area contributed by atoms with Gasteiger partial charge in [-0.25, -0.2) is 0 Å². The Morgan fingerprint density at radius 3 is 2.47 bits per heavy atom. The zero-order chi connectivity index (χ0) is 10.4. The molecule has 2 bridgehead atoms. The lowest BCUT2D eigenvalue weighted by Gasteiger charge is -2.46. The highest BCUT2D eigenvalue weighted by Gasteiger charge is 2.43. The quantitative estimate of drug-likeness (QED) is 0.714. The largest absolute Gasteiger partial charge is 0.312 e. The number of hydrogen-bond acceptors (Lipinski definition) is 1. The summed E-state index contributed by atoms with van der Waals surface area (Å²) in [5.74, 6) is 1.31. The maximum atomic E-state index is 11.9. The van der Waals surface area contributed by atoms with Crippen LogP contribution in [0.1, 0.15) is 12.8 Å². The van der Waals surface area contributed by atoms with Gasteiger partial charge in [-0.2, -0.15) is 0 Å². The number of hydrogen-bond donors (Lipinski definition) is 0. The number of piperidine rings is 2. The van der Waals surface area contributed by atoms with Gasteiger partial charge in [0.05, 0.1) is 0 Å². The predicted octanol–water partition coefficient (Wildman–Crippen LogP) is 2.71. The van der Waals surface area contributed by atoms with Crippen molar-refractivity contribution >= 4 is 23.2 Å². The summed E-state index contributed by atoms with van der Waals surface area (Å²) >= 11 is 5.82. The molecule has 2 aliphatic heterocycles. The number of benzene rings is 1. The summed E-state index contributed by atoms with van der Waals surface area (Å²) in [6.07, 6.45) is 2.20. The maximum Gasteiger partial charge on any atom is 0.230 e. The van der Waals surface area contributed by atoms with E-state index >= 15 is 0 Å². The van der Waals surface area contributed by atoms with Crippen LogP contribution >= 0.6 is 11.6 Å². The monoisotopic (exact) mass is 221 g/mol. The Kier molecular flexibility index (Phi) is 1.99. The molecule has 0 N–H and O–H groups in total. The molecule has 0 atom stereocenters. The van der Waals surface area contributed by atoms with Crippen molar-refractivity contribution in [1.82, 2.24) is 0 Å². The second-order valence-corrected chi connectivity index (χ2v) is 4.90. The van der Waals surface area contributed by atoms with Crippen LogP contribution in [0.25, 0.3) is 0 Å². The van der Waals surface area contributed by atoms with Gasteiger partial charge in [-0.05, 0) is 43.0 Å². The highest BCUT2D eigenvalue weighted by atomic mass is 35.5. The van der Waals surface area contributed by atoms with E-state index in [2.05, 4.69) is 0 Å². The van der Waals surface area contributed by atoms with Gasteiger partial charge in [0.25, 0.3) is 0 Å². The lowest BCUT2D eigenvalue weighted by Crippen LogP contribution is -2.53. The first-order valence-corrected chi connectivity index (χ1v) is 5.69. The predicted molar refractivity (Wildman–Crippen MR) is 60.0 cm³/mol. The van der Waals surface area contributed by atoms with Gasteiger partial charge in [0.15, 0.2) is 0 Å². The minimum absolute atomic E-state index is 0.291. The fourth-order valence-corrected chi connectivity index (χ4v) is 2.63. The highest BCUT2D eigenvalue weighted by molar-refractivity contribution is 6.30. The summed E-state index contributed by atoms with van der Waals surface area (Å²) < 4.78 is 0. The van der Waals surface area contributed by atoms with Gasteiger partial charge >= 0.3 is 0 Å². The molecule has 1 amide bonds. The average Bonchev–Trinajstić information content (AvgIpc) is 2.18. The molecule has 1 saturated carbocycles. The SMILES string of the molecule is O=C1C2CC(C2)CN1c1ccc(Cl)cc1. The molecule has 2 saturated heterocycles. The molecule has 1 aliphatic carbocycles. The number of fused-ring (bicyclic) bond motifs is 2. The molecule has 0 radical (unpaired) electrons. The van der Waals surface area contributed by atoms with Gasteiger partial charge in [0, 0.05) is 23.2 Å². The summed E-state index contributed by atoms with van der Waals surface area (Å²) in [7, 11) is 0. The van der Waals surface area contributed by atoms with Crippen LogP contribution in [0.15, 0.2) is 24.3 Å². The molecule has 0 aromatic heterocycles. The van der Waals surface area contributed by atoms with E-state index in [0.717, 1.165) is 31.0 Å². The van der Waals surface area contributed by atoms with Gasteiger partial charge < -0.3 is 4.90 Å². The molecular formula is C12H12ClNO. The van der Waals surface area contributed by atoms with E-state index in [1.54, 1.807) is 0 Å². The van der Waals surface area contributed by atoms with Crippen LogP contribution < -0.4 is 4.90 Å². The third-order valence-electron chi connectivity index (χ3n) is 3.43. The molecule has 1 aromatic carbocycles. The van der Waals surface area contributed by atoms with Gasteiger partial charge in [-0.3, -0.25) is 4.79 Å². The number of carbonyl (C=O) groups excluding carboxylic acids is 1. The first kappa shape index (κ1) is 9.22. The molecule has 3 heteroatoms. The number of carbonyl (C=O) groups is 1. The molecule has 2 heterocycles. The first-order chi connectivity index (χ1) is 7.24. The summed E-state index contributed by atoms with van der Waals surface area (Å²) in [4.78, 5) is 13.8. The van der Waals surface area contributed by atoms with E-state index in [4.69, 9.17) is 11.6 Å². The summed E-state index contributed by atoms with van der Waals surface area (Å²) in [5.41, 5.74) is 0.985. The molecule has 15 heavy (non-hydrogen) atoms. The lowest BCUT2D eigenvalue weighted by atomic mass is 9.70. The normalized spacial score (nSPS) is 28.9. The lowest BCUT2D eigenvalue weighted by molar-refractivity contribution is -0.129. The van der Waals surface area contributed by atoms with E-state index in [-0.39, 0.29) is 0 Å². The average molecular weight is 222 g/mol. The highest BCUT2D eigenvalue weighted by Crippen LogP contribution is 2.42. The molecule has 3 fully saturated rings. The van der Waals surface area contributed by atoms with Gasteiger partial charge in [-0.1, -0.05) is 11.6 Å². The number of amides is 1. The van der Waals surface area contributed by atoms with Gasteiger partial charge in [-0.15, -0.1) is 0 Å². The van der Waals surface area contributed by atoms with Crippen molar-refractivity contribution in [2.24, 2.45) is 11.8 Å². The van der Waals surface area contributed by atoms with Crippen molar-refractivity contribution in [2.75, 3.05) is 11.4 Å². The summed E-state index contributed by atoms with van der Waals surface area (Å²) in [6.45, 7) is 0.886. The van der Waals surface area contributed by atoms with Crippen LogP contribution in [0.2, 0.25) is 5.02 Å². The van der Waals surface area contributed by atoms with Crippen LogP contribution in [0.5, 0.6) is 0 Å². The van der Waals surface area contributed by atoms with E-state index in [1.807, 2.05) is 29.2 Å². The molecule has 78 valence electrons. The van der Waals surface area contributed by atoms with Crippen molar-refractivity contribution in [3.63, 3.8) is 0 Å². The molecule has 4 rings (SSSR count). The summed E-state index contributed by atoms with van der Waals surface area (Å²) in [6, 6.07) is 7.52. The van der Waals surface area contributed by atoms with Crippen molar-refractivity contribution in [3.05, 3.63) is 29.3 Å². The van der Waals surface area contributed by atoms with E-state index in [1.165, 1.54) is 0 Å². The third-order valence-corrected chi connectivity index (χ3v) is 3.68. The van der Waals surface area contributed by atoms with Crippen molar-refractivity contribution in [2.45, 2.75) is 12.8 Å². The van der Waals surface area contributed by atoms with E-state index in [9.17, 15) is 4.79 Å². The third kappa shape index (κ3) is 1.44. The smallest absolute Gasteiger partial charge is 0.230 e. The number of halogens is 1. The Hall–Kier alpha value is -1.02. The standard InChI is InChI=1S/C12H12ClNO/c13-10-1-3-11(4-2-10)14-7-8-5-9(6-8)12(14)15/h1-4,8-9H,5-7H2. The van der Waals surface area contributed by atoms with Gasteiger partial charge in [0.2, 0.25) is 5.91 Å². The fourth-order valence-electron chi connectivity index (χ4n) is 2.51. The molecular weight excluding hydrogens is 210 g/mol. The van der Waals surface area contributed by atoms with Crippen LogP contribution in [-0.4, -0.2) is 12.5 Å². The van der Waals surface area contributed by atoms with Crippen LogP contribution in [0.3, 0.4) is 0 Å². The maximum absolute atomic E-state index is 11.9. The van der Waals surface area contributed by atoms with Crippen LogP contribution in [-0.2, 0) is 4.79 Å². The second kappa shape index (κ2) is 3.24. The first-order valence-electron chi connectivity index (χ1n) is 5.31. The van der Waals surface area contributed by atoms with Crippen LogP contribution in [0.4, 0.5) is 5.69 Å². The molecule has 0 unspecified atom stereocenters. The molecule has 0 spiro atoms. The van der Waals surface area contributed by atoms with Crippen molar-refractivity contribution < 1.29 is 4.79 Å². The van der Waals surface area contributed by atoms with Crippen LogP contribution in [0, 0.1) is 11.8 Å². The Balaban J connectivity index is 1.88. The Labute approximate surface area is 93.8 Å². The summed E-state index contributed by atoms with van der Waals surface area (Å²) in [5, 5.41) is 0.716. The molecule has 1 aromatic rings. The second-order valence-electron chi connectivity index (χ2n) is 4.46. The topological polar surface area (TPSA) is 20.3 Å². The Bertz CT molecular complexity index is 395. The van der Waals surface area contributed by atoms with E-state index in [0.29, 0.717) is 16.8 Å². The Morgan fingerprint density at radius 2 is 1.87 bits per heavy atom. The van der Waals surface area contributed by atoms with Crippen molar-refractivity contribution in [3.8, 4) is 0 Å². The number of anilines is 1. The molecule has 2 nitrogen and oxygen atoms in total. The van der Waals surface area contributed by atoms with Gasteiger partial charge in [0.1, 0.15) is 0 Å². The number of rotatable bonds is 1. The Morgan fingerprint density at radius 1 is 1.20 bits per heavy atom. The van der Waals surface area contributed by atoms with Crippen molar-refractivity contribution in [1.29, 1.82) is 0 Å². The fraction of sp³-hybridized carbons (Fsp3) is 0.417. The zero-order valence-corrected chi connectivity index (χ0v) is 9.07. The minimum Gasteiger partial charge on any atom is -0.312 e. The zero-order valence-electron chi connectivity index (χ0n) is 8.32. The number of nitrogens with zero attached hydrogens (tertiary/aromatic N) is 1.